The lowest BCUT2D eigenvalue weighted by atomic mass is 10.0. The molecule has 1 atom stereocenters. The standard InChI is InChI=1S/C16H18N2O5/c1-23-16(20)14-8-4-5-11-17(14)15(19)10-9-12-6-2-3-7-13(12)18(21)22/h2-3,6-7,9-10,14H,4-5,8,11H2,1H3. The molecule has 1 aromatic carbocycles. The van der Waals surface area contributed by atoms with E-state index in [9.17, 15) is 19.7 Å². The summed E-state index contributed by atoms with van der Waals surface area (Å²) in [5, 5.41) is 11.0. The molecule has 1 aliphatic rings. The fourth-order valence-electron chi connectivity index (χ4n) is 2.63. The molecule has 0 N–H and O–H groups in total. The van der Waals surface area contributed by atoms with Crippen LogP contribution in [0.4, 0.5) is 5.69 Å². The predicted molar refractivity (Wildman–Crippen MR) is 83.5 cm³/mol. The second-order valence-corrected chi connectivity index (χ2v) is 5.22. The first-order valence-electron chi connectivity index (χ1n) is 7.34. The normalized spacial score (nSPS) is 18.0. The SMILES string of the molecule is COC(=O)C1CCCCN1C(=O)C=Cc1ccccc1[N+](=O)[O-]. The van der Waals surface area contributed by atoms with Gasteiger partial charge in [0.2, 0.25) is 5.91 Å². The molecule has 0 aromatic heterocycles. The molecule has 23 heavy (non-hydrogen) atoms. The molecule has 0 radical (unpaired) electrons. The van der Waals surface area contributed by atoms with Crippen LogP contribution in [-0.4, -0.2) is 41.4 Å². The summed E-state index contributed by atoms with van der Waals surface area (Å²) in [4.78, 5) is 36.0. The second-order valence-electron chi connectivity index (χ2n) is 5.22. The number of rotatable bonds is 4. The minimum Gasteiger partial charge on any atom is -0.467 e. The van der Waals surface area contributed by atoms with Crippen molar-refractivity contribution in [3.8, 4) is 0 Å². The van der Waals surface area contributed by atoms with Gasteiger partial charge in [-0.1, -0.05) is 12.1 Å². The summed E-state index contributed by atoms with van der Waals surface area (Å²) in [5.74, 6) is -0.782. The summed E-state index contributed by atoms with van der Waals surface area (Å²) in [6.07, 6.45) is 4.92. The third kappa shape index (κ3) is 3.94. The van der Waals surface area contributed by atoms with Gasteiger partial charge in [0, 0.05) is 18.7 Å². The van der Waals surface area contributed by atoms with Crippen molar-refractivity contribution in [2.75, 3.05) is 13.7 Å². The molecule has 0 bridgehead atoms. The molecule has 1 amide bonds. The number of hydrogen-bond acceptors (Lipinski definition) is 5. The van der Waals surface area contributed by atoms with Crippen LogP contribution >= 0.6 is 0 Å². The summed E-state index contributed by atoms with van der Waals surface area (Å²) >= 11 is 0. The molecular weight excluding hydrogens is 300 g/mol. The number of carbonyl (C=O) groups is 2. The summed E-state index contributed by atoms with van der Waals surface area (Å²) in [5.41, 5.74) is 0.275. The maximum absolute atomic E-state index is 12.3. The molecule has 1 fully saturated rings. The van der Waals surface area contributed by atoms with Crippen LogP contribution in [0.1, 0.15) is 24.8 Å². The number of likely N-dealkylation sites (tertiary alicyclic amines) is 1. The molecule has 1 unspecified atom stereocenters. The average Bonchev–Trinajstić information content (AvgIpc) is 2.59. The zero-order chi connectivity index (χ0) is 16.8. The Bertz CT molecular complexity index is 641. The van der Waals surface area contributed by atoms with Crippen molar-refractivity contribution in [3.63, 3.8) is 0 Å². The van der Waals surface area contributed by atoms with Crippen LogP contribution in [0.5, 0.6) is 0 Å². The van der Waals surface area contributed by atoms with Crippen molar-refractivity contribution < 1.29 is 19.2 Å². The van der Waals surface area contributed by atoms with Gasteiger partial charge in [-0.15, -0.1) is 0 Å². The molecule has 2 rings (SSSR count). The number of esters is 1. The van der Waals surface area contributed by atoms with Crippen LogP contribution < -0.4 is 0 Å². The molecule has 0 saturated carbocycles. The van der Waals surface area contributed by atoms with E-state index in [-0.39, 0.29) is 11.6 Å². The number of piperidine rings is 1. The molecule has 1 heterocycles. The zero-order valence-electron chi connectivity index (χ0n) is 12.8. The van der Waals surface area contributed by atoms with Crippen LogP contribution in [0.2, 0.25) is 0 Å². The van der Waals surface area contributed by atoms with Gasteiger partial charge in [0.15, 0.2) is 0 Å². The van der Waals surface area contributed by atoms with Crippen molar-refractivity contribution >= 4 is 23.6 Å². The maximum Gasteiger partial charge on any atom is 0.328 e. The van der Waals surface area contributed by atoms with E-state index in [2.05, 4.69) is 0 Å². The highest BCUT2D eigenvalue weighted by atomic mass is 16.6. The van der Waals surface area contributed by atoms with E-state index < -0.39 is 16.9 Å². The van der Waals surface area contributed by atoms with E-state index in [1.54, 1.807) is 18.2 Å². The largest absolute Gasteiger partial charge is 0.467 e. The second kappa shape index (κ2) is 7.53. The highest BCUT2D eigenvalue weighted by Gasteiger charge is 2.31. The number of amides is 1. The summed E-state index contributed by atoms with van der Waals surface area (Å²) in [7, 11) is 1.29. The number of nitro groups is 1. The monoisotopic (exact) mass is 318 g/mol. The highest BCUT2D eigenvalue weighted by molar-refractivity contribution is 5.95. The summed E-state index contributed by atoms with van der Waals surface area (Å²) in [6, 6.07) is 5.58. The van der Waals surface area contributed by atoms with Gasteiger partial charge in [0.05, 0.1) is 17.6 Å². The average molecular weight is 318 g/mol. The Morgan fingerprint density at radius 1 is 1.35 bits per heavy atom. The number of para-hydroxylation sites is 1. The molecule has 7 nitrogen and oxygen atoms in total. The van der Waals surface area contributed by atoms with Gasteiger partial charge in [-0.3, -0.25) is 14.9 Å². The minimum absolute atomic E-state index is 0.0697. The van der Waals surface area contributed by atoms with Crippen LogP contribution in [0.3, 0.4) is 0 Å². The molecule has 1 saturated heterocycles. The van der Waals surface area contributed by atoms with E-state index in [4.69, 9.17) is 4.74 Å². The topological polar surface area (TPSA) is 89.8 Å². The quantitative estimate of drug-likeness (QED) is 0.367. The third-order valence-electron chi connectivity index (χ3n) is 3.80. The van der Waals surface area contributed by atoms with Crippen LogP contribution in [-0.2, 0) is 14.3 Å². The fraction of sp³-hybridized carbons (Fsp3) is 0.375. The smallest absolute Gasteiger partial charge is 0.328 e. The van der Waals surface area contributed by atoms with Crippen LogP contribution in [0.25, 0.3) is 6.08 Å². The van der Waals surface area contributed by atoms with E-state index in [0.717, 1.165) is 12.8 Å². The summed E-state index contributed by atoms with van der Waals surface area (Å²) < 4.78 is 4.74. The number of nitro benzene ring substituents is 1. The Kier molecular flexibility index (Phi) is 5.46. The Labute approximate surface area is 133 Å². The van der Waals surface area contributed by atoms with E-state index >= 15 is 0 Å². The van der Waals surface area contributed by atoms with Crippen LogP contribution in [0, 0.1) is 10.1 Å². The lowest BCUT2D eigenvalue weighted by Crippen LogP contribution is -2.47. The Hall–Kier alpha value is -2.70. The van der Waals surface area contributed by atoms with Crippen molar-refractivity contribution in [2.24, 2.45) is 0 Å². The van der Waals surface area contributed by atoms with E-state index in [0.29, 0.717) is 18.5 Å². The number of methoxy groups -OCH3 is 1. The molecule has 1 aliphatic heterocycles. The molecule has 0 spiro atoms. The van der Waals surface area contributed by atoms with Gasteiger partial charge in [-0.25, -0.2) is 4.79 Å². The van der Waals surface area contributed by atoms with Crippen LogP contribution in [0.15, 0.2) is 30.3 Å². The molecule has 122 valence electrons. The Morgan fingerprint density at radius 3 is 2.78 bits per heavy atom. The Balaban J connectivity index is 2.17. The van der Waals surface area contributed by atoms with Crippen molar-refractivity contribution in [1.82, 2.24) is 4.90 Å². The maximum atomic E-state index is 12.3. The number of nitrogens with zero attached hydrogens (tertiary/aromatic N) is 2. The number of benzene rings is 1. The highest BCUT2D eigenvalue weighted by Crippen LogP contribution is 2.21. The predicted octanol–water partition coefficient (Wildman–Crippen LogP) is 2.16. The van der Waals surface area contributed by atoms with Crippen molar-refractivity contribution in [3.05, 3.63) is 46.0 Å². The third-order valence-corrected chi connectivity index (χ3v) is 3.80. The first-order chi connectivity index (χ1) is 11.0. The molecule has 1 aromatic rings. The molecular formula is C16H18N2O5. The van der Waals surface area contributed by atoms with Crippen molar-refractivity contribution in [1.29, 1.82) is 0 Å². The van der Waals surface area contributed by atoms with Gasteiger partial charge in [-0.2, -0.15) is 0 Å². The van der Waals surface area contributed by atoms with Gasteiger partial charge in [0.25, 0.3) is 5.69 Å². The van der Waals surface area contributed by atoms with Gasteiger partial charge >= 0.3 is 5.97 Å². The summed E-state index contributed by atoms with van der Waals surface area (Å²) in [6.45, 7) is 0.472. The van der Waals surface area contributed by atoms with Crippen molar-refractivity contribution in [2.45, 2.75) is 25.3 Å². The zero-order valence-corrected chi connectivity index (χ0v) is 12.8. The van der Waals surface area contributed by atoms with E-state index in [1.165, 1.54) is 30.2 Å². The number of hydrogen-bond donors (Lipinski definition) is 0. The minimum atomic E-state index is -0.586. The first-order valence-corrected chi connectivity index (χ1v) is 7.34. The number of ether oxygens (including phenoxy) is 1. The van der Waals surface area contributed by atoms with Gasteiger partial charge in [0.1, 0.15) is 6.04 Å². The first kappa shape index (κ1) is 16.7. The Morgan fingerprint density at radius 2 is 2.09 bits per heavy atom. The molecule has 0 aliphatic carbocycles. The molecule has 7 heteroatoms. The lowest BCUT2D eigenvalue weighted by Gasteiger charge is -2.32. The van der Waals surface area contributed by atoms with E-state index in [1.807, 2.05) is 0 Å². The lowest BCUT2D eigenvalue weighted by molar-refractivity contribution is -0.385. The fourth-order valence-corrected chi connectivity index (χ4v) is 2.63. The van der Waals surface area contributed by atoms with Gasteiger partial charge < -0.3 is 9.64 Å². The van der Waals surface area contributed by atoms with Gasteiger partial charge in [-0.05, 0) is 31.4 Å². The number of carbonyl (C=O) groups excluding carboxylic acids is 2.